The van der Waals surface area contributed by atoms with Crippen LogP contribution < -0.4 is 10.1 Å². The number of aryl methyl sites for hydroxylation is 1. The number of carbonyl (C=O) groups is 1. The van der Waals surface area contributed by atoms with E-state index in [0.29, 0.717) is 42.9 Å². The predicted octanol–water partition coefficient (Wildman–Crippen LogP) is 4.20. The van der Waals surface area contributed by atoms with Crippen molar-refractivity contribution in [1.29, 1.82) is 0 Å². The van der Waals surface area contributed by atoms with Gasteiger partial charge in [0.25, 0.3) is 5.91 Å². The van der Waals surface area contributed by atoms with Gasteiger partial charge in [-0.15, -0.1) is 0 Å². The van der Waals surface area contributed by atoms with Gasteiger partial charge in [-0.1, -0.05) is 27.7 Å². The topological polar surface area (TPSA) is 60.5 Å². The summed E-state index contributed by atoms with van der Waals surface area (Å²) in [6, 6.07) is 3.57. The molecule has 0 unspecified atom stereocenters. The average Bonchev–Trinajstić information content (AvgIpc) is 2.47. The highest BCUT2D eigenvalue weighted by atomic mass is 16.5. The van der Waals surface area contributed by atoms with Crippen LogP contribution in [0.1, 0.15) is 53.2 Å². The summed E-state index contributed by atoms with van der Waals surface area (Å²) in [5, 5.41) is 3.02. The van der Waals surface area contributed by atoms with Crippen molar-refractivity contribution in [1.82, 2.24) is 4.98 Å². The first-order chi connectivity index (χ1) is 11.2. The second kappa shape index (κ2) is 9.02. The van der Waals surface area contributed by atoms with Crippen LogP contribution in [0.5, 0.6) is 5.88 Å². The van der Waals surface area contributed by atoms with Gasteiger partial charge in [-0.05, 0) is 44.6 Å². The molecule has 0 aliphatic heterocycles. The molecule has 0 aliphatic carbocycles. The van der Waals surface area contributed by atoms with Crippen molar-refractivity contribution >= 4 is 11.6 Å². The molecule has 0 bridgehead atoms. The van der Waals surface area contributed by atoms with Crippen LogP contribution in [0.4, 0.5) is 5.69 Å². The lowest BCUT2D eigenvalue weighted by molar-refractivity contribution is -0.146. The van der Waals surface area contributed by atoms with Gasteiger partial charge in [0.1, 0.15) is 5.60 Å². The van der Waals surface area contributed by atoms with Gasteiger partial charge < -0.3 is 14.8 Å². The fraction of sp³-hybridized carbons (Fsp3) is 0.684. The number of nitrogens with zero attached hydrogens (tertiary/aromatic N) is 1. The Morgan fingerprint density at radius 1 is 1.21 bits per heavy atom. The Bertz CT molecular complexity index is 531. The van der Waals surface area contributed by atoms with Crippen LogP contribution in [0.2, 0.25) is 0 Å². The Morgan fingerprint density at radius 2 is 1.79 bits per heavy atom. The monoisotopic (exact) mass is 336 g/mol. The molecule has 1 heterocycles. The molecule has 0 saturated carbocycles. The van der Waals surface area contributed by atoms with Crippen molar-refractivity contribution in [2.75, 3.05) is 19.0 Å². The summed E-state index contributed by atoms with van der Waals surface area (Å²) >= 11 is 0. The molecule has 1 aromatic heterocycles. The Balaban J connectivity index is 3.10. The second-order valence-corrected chi connectivity index (χ2v) is 7.06. The third-order valence-electron chi connectivity index (χ3n) is 3.83. The van der Waals surface area contributed by atoms with E-state index < -0.39 is 5.60 Å². The van der Waals surface area contributed by atoms with E-state index in [1.165, 1.54) is 0 Å². The van der Waals surface area contributed by atoms with Gasteiger partial charge in [-0.3, -0.25) is 4.79 Å². The number of ether oxygens (including phenoxy) is 2. The summed E-state index contributed by atoms with van der Waals surface area (Å²) in [6.07, 6.45) is 1.38. The number of pyridine rings is 1. The van der Waals surface area contributed by atoms with Crippen molar-refractivity contribution in [3.63, 3.8) is 0 Å². The molecule has 1 amide bonds. The number of nitrogens with one attached hydrogen (secondary N) is 1. The number of amides is 1. The van der Waals surface area contributed by atoms with E-state index in [1.54, 1.807) is 13.2 Å². The summed E-state index contributed by atoms with van der Waals surface area (Å²) in [5.74, 6) is 1.15. The number of methoxy groups -OCH3 is 1. The zero-order chi connectivity index (χ0) is 18.3. The molecule has 0 aromatic carbocycles. The highest BCUT2D eigenvalue weighted by molar-refractivity contribution is 5.97. The van der Waals surface area contributed by atoms with E-state index in [1.807, 2.05) is 19.9 Å². The largest absolute Gasteiger partial charge is 0.481 e. The number of rotatable bonds is 9. The van der Waals surface area contributed by atoms with Gasteiger partial charge in [0, 0.05) is 12.7 Å². The van der Waals surface area contributed by atoms with Crippen LogP contribution >= 0.6 is 0 Å². The zero-order valence-electron chi connectivity index (χ0n) is 16.1. The smallest absolute Gasteiger partial charge is 0.256 e. The molecule has 0 atom stereocenters. The molecule has 0 radical (unpaired) electrons. The van der Waals surface area contributed by atoms with Crippen LogP contribution in [0.25, 0.3) is 0 Å². The Hall–Kier alpha value is -1.62. The lowest BCUT2D eigenvalue weighted by Crippen LogP contribution is -2.47. The summed E-state index contributed by atoms with van der Waals surface area (Å²) in [7, 11) is 1.57. The van der Waals surface area contributed by atoms with Crippen molar-refractivity contribution in [3.8, 4) is 5.88 Å². The maximum absolute atomic E-state index is 13.1. The van der Waals surface area contributed by atoms with E-state index in [4.69, 9.17) is 9.47 Å². The molecule has 5 heteroatoms. The number of anilines is 1. The number of carbonyl (C=O) groups excluding carboxylic acids is 1. The quantitative estimate of drug-likeness (QED) is 0.734. The second-order valence-electron chi connectivity index (χ2n) is 7.06. The maximum atomic E-state index is 13.1. The maximum Gasteiger partial charge on any atom is 0.256 e. The SMILES string of the molecule is CCOC(CC(C)C)(CC(C)C)C(=O)Nc1ccc(OC)nc1C. The van der Waals surface area contributed by atoms with Gasteiger partial charge in [0.15, 0.2) is 0 Å². The van der Waals surface area contributed by atoms with Gasteiger partial charge in [0.2, 0.25) is 5.88 Å². The van der Waals surface area contributed by atoms with E-state index in [-0.39, 0.29) is 5.91 Å². The van der Waals surface area contributed by atoms with Crippen LogP contribution in [-0.2, 0) is 9.53 Å². The lowest BCUT2D eigenvalue weighted by atomic mass is 9.83. The minimum Gasteiger partial charge on any atom is -0.481 e. The molecule has 24 heavy (non-hydrogen) atoms. The molecule has 5 nitrogen and oxygen atoms in total. The van der Waals surface area contributed by atoms with Crippen LogP contribution in [-0.4, -0.2) is 30.2 Å². The van der Waals surface area contributed by atoms with Gasteiger partial charge in [-0.25, -0.2) is 4.98 Å². The van der Waals surface area contributed by atoms with Crippen LogP contribution in [0.3, 0.4) is 0 Å². The first-order valence-corrected chi connectivity index (χ1v) is 8.71. The van der Waals surface area contributed by atoms with Crippen molar-refractivity contribution in [2.45, 2.75) is 60.0 Å². The normalized spacial score (nSPS) is 11.9. The first kappa shape index (κ1) is 20.4. The first-order valence-electron chi connectivity index (χ1n) is 8.71. The molecular formula is C19H32N2O3. The standard InChI is InChI=1S/C19H32N2O3/c1-8-24-19(11-13(2)3,12-14(4)5)18(22)21-16-9-10-17(23-7)20-15(16)6/h9-10,13-14H,8,11-12H2,1-7H3,(H,21,22). The minimum atomic E-state index is -0.816. The average molecular weight is 336 g/mol. The number of aromatic nitrogens is 1. The van der Waals surface area contributed by atoms with Gasteiger partial charge >= 0.3 is 0 Å². The lowest BCUT2D eigenvalue weighted by Gasteiger charge is -2.35. The van der Waals surface area contributed by atoms with E-state index >= 15 is 0 Å². The van der Waals surface area contributed by atoms with Crippen molar-refractivity contribution < 1.29 is 14.3 Å². The zero-order valence-corrected chi connectivity index (χ0v) is 16.1. The molecular weight excluding hydrogens is 304 g/mol. The minimum absolute atomic E-state index is 0.0955. The third kappa shape index (κ3) is 5.48. The molecule has 0 aliphatic rings. The summed E-state index contributed by atoms with van der Waals surface area (Å²) in [6.45, 7) is 12.7. The Labute approximate surface area is 146 Å². The van der Waals surface area contributed by atoms with E-state index in [9.17, 15) is 4.79 Å². The summed E-state index contributed by atoms with van der Waals surface area (Å²) in [4.78, 5) is 17.4. The van der Waals surface area contributed by atoms with Gasteiger partial charge in [0.05, 0.1) is 18.5 Å². The molecule has 0 spiro atoms. The number of hydrogen-bond acceptors (Lipinski definition) is 4. The molecule has 0 fully saturated rings. The van der Waals surface area contributed by atoms with E-state index in [2.05, 4.69) is 38.0 Å². The highest BCUT2D eigenvalue weighted by Crippen LogP contribution is 2.31. The molecule has 1 N–H and O–H groups in total. The molecule has 0 saturated heterocycles. The summed E-state index contributed by atoms with van der Waals surface area (Å²) < 4.78 is 11.1. The predicted molar refractivity (Wildman–Crippen MR) is 97.4 cm³/mol. The molecule has 1 rings (SSSR count). The van der Waals surface area contributed by atoms with Crippen LogP contribution in [0.15, 0.2) is 12.1 Å². The third-order valence-corrected chi connectivity index (χ3v) is 3.83. The van der Waals surface area contributed by atoms with Crippen molar-refractivity contribution in [2.24, 2.45) is 11.8 Å². The van der Waals surface area contributed by atoms with Gasteiger partial charge in [-0.2, -0.15) is 0 Å². The number of hydrogen-bond donors (Lipinski definition) is 1. The molecule has 136 valence electrons. The van der Waals surface area contributed by atoms with E-state index in [0.717, 1.165) is 5.69 Å². The fourth-order valence-electron chi connectivity index (χ4n) is 3.07. The molecule has 1 aromatic rings. The fourth-order valence-corrected chi connectivity index (χ4v) is 3.07. The Kier molecular flexibility index (Phi) is 7.67. The van der Waals surface area contributed by atoms with Crippen LogP contribution in [0, 0.1) is 18.8 Å². The highest BCUT2D eigenvalue weighted by Gasteiger charge is 2.40. The Morgan fingerprint density at radius 3 is 2.21 bits per heavy atom. The summed E-state index contributed by atoms with van der Waals surface area (Å²) in [5.41, 5.74) is 0.600. The van der Waals surface area contributed by atoms with Crippen molar-refractivity contribution in [3.05, 3.63) is 17.8 Å².